The van der Waals surface area contributed by atoms with Crippen LogP contribution in [0, 0.1) is 0 Å². The summed E-state index contributed by atoms with van der Waals surface area (Å²) >= 11 is 2.03. The highest BCUT2D eigenvalue weighted by atomic mass is 32.2. The number of aryl methyl sites for hydroxylation is 1. The van der Waals surface area contributed by atoms with Gasteiger partial charge in [0.2, 0.25) is 0 Å². The molecule has 2 heterocycles. The summed E-state index contributed by atoms with van der Waals surface area (Å²) in [5.74, 6) is 5.30. The number of anilines is 2. The Kier molecular flexibility index (Phi) is 5.76. The third-order valence-electron chi connectivity index (χ3n) is 3.16. The Bertz CT molecular complexity index is 391. The lowest BCUT2D eigenvalue weighted by molar-refractivity contribution is 0.681. The molecule has 5 heteroatoms. The molecule has 1 aromatic rings. The first-order valence-electron chi connectivity index (χ1n) is 7.28. The van der Waals surface area contributed by atoms with E-state index >= 15 is 0 Å². The van der Waals surface area contributed by atoms with Crippen molar-refractivity contribution in [1.29, 1.82) is 0 Å². The summed E-state index contributed by atoms with van der Waals surface area (Å²) in [6, 6.07) is 2.59. The van der Waals surface area contributed by atoms with Crippen molar-refractivity contribution in [3.8, 4) is 0 Å². The monoisotopic (exact) mass is 280 g/mol. The molecule has 0 bridgehead atoms. The van der Waals surface area contributed by atoms with Crippen molar-refractivity contribution < 1.29 is 0 Å². The van der Waals surface area contributed by atoms with Crippen LogP contribution in [0.4, 0.5) is 11.6 Å². The molecule has 2 N–H and O–H groups in total. The van der Waals surface area contributed by atoms with Crippen LogP contribution in [0.1, 0.15) is 38.9 Å². The van der Waals surface area contributed by atoms with E-state index in [-0.39, 0.29) is 0 Å². The van der Waals surface area contributed by atoms with E-state index in [2.05, 4.69) is 34.4 Å². The number of rotatable bonds is 6. The highest BCUT2D eigenvalue weighted by molar-refractivity contribution is 7.99. The maximum Gasteiger partial charge on any atom is 0.132 e. The minimum Gasteiger partial charge on any atom is -0.370 e. The minimum atomic E-state index is 0.553. The van der Waals surface area contributed by atoms with Gasteiger partial charge in [0.15, 0.2) is 0 Å². The van der Waals surface area contributed by atoms with E-state index in [9.17, 15) is 0 Å². The summed E-state index contributed by atoms with van der Waals surface area (Å²) < 4.78 is 0. The van der Waals surface area contributed by atoms with Gasteiger partial charge in [0, 0.05) is 30.8 Å². The van der Waals surface area contributed by atoms with Gasteiger partial charge in [0.1, 0.15) is 17.5 Å². The highest BCUT2D eigenvalue weighted by Gasteiger charge is 2.14. The predicted octanol–water partition coefficient (Wildman–Crippen LogP) is 3.17. The smallest absolute Gasteiger partial charge is 0.132 e. The Morgan fingerprint density at radius 3 is 2.84 bits per heavy atom. The first kappa shape index (κ1) is 14.4. The van der Waals surface area contributed by atoms with Crippen molar-refractivity contribution >= 4 is 23.4 Å². The standard InChI is InChI=1S/C14H24N4S/c1-3-7-15-13-9-14(18-12(4-2)17-13)16-11-6-5-8-19-10-11/h9,11H,3-8,10H2,1-2H3,(H2,15,16,17,18). The molecule has 0 spiro atoms. The van der Waals surface area contributed by atoms with Crippen molar-refractivity contribution in [2.24, 2.45) is 0 Å². The van der Waals surface area contributed by atoms with Crippen LogP contribution >= 0.6 is 11.8 Å². The Labute approximate surface area is 120 Å². The van der Waals surface area contributed by atoms with Crippen LogP contribution in [-0.4, -0.2) is 34.1 Å². The third kappa shape index (κ3) is 4.56. The van der Waals surface area contributed by atoms with Gasteiger partial charge in [-0.25, -0.2) is 9.97 Å². The van der Waals surface area contributed by atoms with Crippen LogP contribution in [0.2, 0.25) is 0 Å². The molecule has 1 atom stereocenters. The molecule has 1 unspecified atom stereocenters. The molecule has 106 valence electrons. The second kappa shape index (κ2) is 7.58. The summed E-state index contributed by atoms with van der Waals surface area (Å²) in [6.07, 6.45) is 4.52. The van der Waals surface area contributed by atoms with Crippen LogP contribution in [0.3, 0.4) is 0 Å². The molecular formula is C14H24N4S. The maximum atomic E-state index is 4.58. The van der Waals surface area contributed by atoms with E-state index in [1.165, 1.54) is 24.3 Å². The fourth-order valence-electron chi connectivity index (χ4n) is 2.14. The van der Waals surface area contributed by atoms with E-state index in [1.807, 2.05) is 17.8 Å². The second-order valence-electron chi connectivity index (χ2n) is 4.89. The number of nitrogens with one attached hydrogen (secondary N) is 2. The molecule has 19 heavy (non-hydrogen) atoms. The lowest BCUT2D eigenvalue weighted by Gasteiger charge is -2.23. The van der Waals surface area contributed by atoms with Crippen LogP contribution in [0.5, 0.6) is 0 Å². The van der Waals surface area contributed by atoms with Crippen LogP contribution in [0.25, 0.3) is 0 Å². The van der Waals surface area contributed by atoms with Gasteiger partial charge >= 0.3 is 0 Å². The van der Waals surface area contributed by atoms with Gasteiger partial charge in [-0.3, -0.25) is 0 Å². The van der Waals surface area contributed by atoms with Crippen molar-refractivity contribution in [1.82, 2.24) is 9.97 Å². The molecule has 1 aromatic heterocycles. The average molecular weight is 280 g/mol. The fraction of sp³-hybridized carbons (Fsp3) is 0.714. The number of hydrogen-bond acceptors (Lipinski definition) is 5. The van der Waals surface area contributed by atoms with E-state index in [4.69, 9.17) is 0 Å². The van der Waals surface area contributed by atoms with E-state index < -0.39 is 0 Å². The SMILES string of the molecule is CCCNc1cc(NC2CCCSC2)nc(CC)n1. The number of nitrogens with zero attached hydrogens (tertiary/aromatic N) is 2. The fourth-order valence-corrected chi connectivity index (χ4v) is 3.21. The van der Waals surface area contributed by atoms with Crippen molar-refractivity contribution in [3.63, 3.8) is 0 Å². The normalized spacial score (nSPS) is 19.2. The first-order chi connectivity index (χ1) is 9.31. The molecule has 0 aliphatic carbocycles. The molecule has 1 fully saturated rings. The maximum absolute atomic E-state index is 4.58. The zero-order chi connectivity index (χ0) is 13.5. The number of thioether (sulfide) groups is 1. The van der Waals surface area contributed by atoms with Crippen LogP contribution in [-0.2, 0) is 6.42 Å². The Hall–Kier alpha value is -0.970. The molecule has 1 saturated heterocycles. The summed E-state index contributed by atoms with van der Waals surface area (Å²) in [7, 11) is 0. The molecule has 4 nitrogen and oxygen atoms in total. The lowest BCUT2D eigenvalue weighted by Crippen LogP contribution is -2.26. The summed E-state index contributed by atoms with van der Waals surface area (Å²) in [5.41, 5.74) is 0. The first-order valence-corrected chi connectivity index (χ1v) is 8.43. The summed E-state index contributed by atoms with van der Waals surface area (Å²) in [5, 5.41) is 6.91. The molecule has 0 saturated carbocycles. The molecule has 0 radical (unpaired) electrons. The van der Waals surface area contributed by atoms with Gasteiger partial charge in [-0.1, -0.05) is 13.8 Å². The van der Waals surface area contributed by atoms with Gasteiger partial charge in [0.05, 0.1) is 0 Å². The van der Waals surface area contributed by atoms with Gasteiger partial charge in [-0.15, -0.1) is 0 Å². The van der Waals surface area contributed by atoms with Crippen LogP contribution < -0.4 is 10.6 Å². The van der Waals surface area contributed by atoms with E-state index in [1.54, 1.807) is 0 Å². The Balaban J connectivity index is 2.04. The Morgan fingerprint density at radius 1 is 1.32 bits per heavy atom. The van der Waals surface area contributed by atoms with Crippen molar-refractivity contribution in [3.05, 3.63) is 11.9 Å². The van der Waals surface area contributed by atoms with Gasteiger partial charge in [0.25, 0.3) is 0 Å². The Morgan fingerprint density at radius 2 is 2.16 bits per heavy atom. The molecule has 0 amide bonds. The van der Waals surface area contributed by atoms with E-state index in [0.717, 1.165) is 36.8 Å². The quantitative estimate of drug-likeness (QED) is 0.838. The van der Waals surface area contributed by atoms with Crippen LogP contribution in [0.15, 0.2) is 6.07 Å². The van der Waals surface area contributed by atoms with E-state index in [0.29, 0.717) is 6.04 Å². The minimum absolute atomic E-state index is 0.553. The predicted molar refractivity (Wildman–Crippen MR) is 84.2 cm³/mol. The summed E-state index contributed by atoms with van der Waals surface area (Å²) in [4.78, 5) is 9.10. The van der Waals surface area contributed by atoms with Gasteiger partial charge in [-0.05, 0) is 25.0 Å². The van der Waals surface area contributed by atoms with Crippen molar-refractivity contribution in [2.45, 2.75) is 45.6 Å². The zero-order valence-corrected chi connectivity index (χ0v) is 12.7. The highest BCUT2D eigenvalue weighted by Crippen LogP contribution is 2.21. The molecular weight excluding hydrogens is 256 g/mol. The topological polar surface area (TPSA) is 49.8 Å². The van der Waals surface area contributed by atoms with Gasteiger partial charge < -0.3 is 10.6 Å². The molecule has 0 aromatic carbocycles. The number of hydrogen-bond donors (Lipinski definition) is 2. The largest absolute Gasteiger partial charge is 0.370 e. The molecule has 1 aliphatic heterocycles. The summed E-state index contributed by atoms with van der Waals surface area (Å²) in [6.45, 7) is 5.21. The molecule has 2 rings (SSSR count). The number of aromatic nitrogens is 2. The zero-order valence-electron chi connectivity index (χ0n) is 11.9. The van der Waals surface area contributed by atoms with Gasteiger partial charge in [-0.2, -0.15) is 11.8 Å². The lowest BCUT2D eigenvalue weighted by atomic mass is 10.2. The van der Waals surface area contributed by atoms with Crippen molar-refractivity contribution in [2.75, 3.05) is 28.7 Å². The average Bonchev–Trinajstić information content (AvgIpc) is 2.46. The molecule has 1 aliphatic rings. The third-order valence-corrected chi connectivity index (χ3v) is 4.37. The second-order valence-corrected chi connectivity index (χ2v) is 6.04.